The third-order valence-corrected chi connectivity index (χ3v) is 5.03. The van der Waals surface area contributed by atoms with Crippen molar-refractivity contribution in [2.45, 2.75) is 26.1 Å². The monoisotopic (exact) mass is 527 g/mol. The summed E-state index contributed by atoms with van der Waals surface area (Å²) in [5, 5.41) is 3.00. The van der Waals surface area contributed by atoms with Crippen LogP contribution in [-0.4, -0.2) is 20.5 Å². The maximum absolute atomic E-state index is 12.5. The number of hydrogen-bond donors (Lipinski definition) is 1. The summed E-state index contributed by atoms with van der Waals surface area (Å²) in [6.07, 6.45) is 0.788. The van der Waals surface area contributed by atoms with E-state index < -0.39 is 8.07 Å². The van der Waals surface area contributed by atoms with Crippen LogP contribution in [0.2, 0.25) is 19.6 Å². The normalized spacial score (nSPS) is 10.2. The molecular formula is C20H23BrINOSi. The van der Waals surface area contributed by atoms with Gasteiger partial charge in [-0.15, -0.1) is 29.5 Å². The van der Waals surface area contributed by atoms with Crippen LogP contribution in [0.5, 0.6) is 0 Å². The molecule has 0 aliphatic carbocycles. The largest absolute Gasteiger partial charge is 0.352 e. The zero-order valence-corrected chi connectivity index (χ0v) is 19.6. The van der Waals surface area contributed by atoms with Gasteiger partial charge in [0.25, 0.3) is 5.91 Å². The van der Waals surface area contributed by atoms with Crippen molar-refractivity contribution >= 4 is 53.9 Å². The Balaban J connectivity index is 0.00000312. The van der Waals surface area contributed by atoms with E-state index in [1.54, 1.807) is 0 Å². The molecule has 0 radical (unpaired) electrons. The molecule has 2 rings (SSSR count). The van der Waals surface area contributed by atoms with E-state index in [0.29, 0.717) is 12.1 Å². The first kappa shape index (κ1) is 21.9. The van der Waals surface area contributed by atoms with Crippen LogP contribution < -0.4 is 5.32 Å². The molecule has 2 aromatic rings. The van der Waals surface area contributed by atoms with E-state index in [1.165, 1.54) is 5.56 Å². The van der Waals surface area contributed by atoms with Crippen molar-refractivity contribution in [3.8, 4) is 11.5 Å². The summed E-state index contributed by atoms with van der Waals surface area (Å²) < 4.78 is 1.07. The van der Waals surface area contributed by atoms with E-state index in [-0.39, 0.29) is 29.9 Å². The van der Waals surface area contributed by atoms with Crippen molar-refractivity contribution in [3.05, 3.63) is 69.7 Å². The quantitative estimate of drug-likeness (QED) is 0.327. The van der Waals surface area contributed by atoms with Crippen molar-refractivity contribution in [1.82, 2.24) is 5.32 Å². The molecule has 1 amide bonds. The number of halogens is 2. The van der Waals surface area contributed by atoms with Gasteiger partial charge in [0, 0.05) is 16.6 Å². The van der Waals surface area contributed by atoms with Gasteiger partial charge in [0.15, 0.2) is 0 Å². The second kappa shape index (κ2) is 10.1. The minimum Gasteiger partial charge on any atom is -0.352 e. The molecule has 0 spiro atoms. The Hall–Kier alpha value is -1.10. The first-order chi connectivity index (χ1) is 11.4. The molecule has 0 saturated carbocycles. The van der Waals surface area contributed by atoms with E-state index in [1.807, 2.05) is 42.5 Å². The molecular weight excluding hydrogens is 505 g/mol. The fraction of sp³-hybridized carbons (Fsp3) is 0.250. The number of nitrogens with one attached hydrogen (secondary N) is 1. The second-order valence-corrected chi connectivity index (χ2v) is 12.2. The lowest BCUT2D eigenvalue weighted by Crippen LogP contribution is -2.26. The Kier molecular flexibility index (Phi) is 8.90. The Labute approximate surface area is 177 Å². The number of benzene rings is 2. The number of carbonyl (C=O) groups excluding carboxylic acids is 1. The van der Waals surface area contributed by atoms with Crippen molar-refractivity contribution < 1.29 is 4.79 Å². The lowest BCUT2D eigenvalue weighted by molar-refractivity contribution is 0.0954. The molecule has 0 aliphatic heterocycles. The number of rotatable bonds is 4. The van der Waals surface area contributed by atoms with Crippen LogP contribution in [0.4, 0.5) is 0 Å². The molecule has 0 fully saturated rings. The van der Waals surface area contributed by atoms with Gasteiger partial charge in [0.2, 0.25) is 0 Å². The van der Waals surface area contributed by atoms with Gasteiger partial charge in [0.1, 0.15) is 8.07 Å². The second-order valence-electron chi connectivity index (χ2n) is 6.64. The van der Waals surface area contributed by atoms with Gasteiger partial charge < -0.3 is 5.32 Å². The summed E-state index contributed by atoms with van der Waals surface area (Å²) in [6.45, 7) is 7.18. The van der Waals surface area contributed by atoms with Gasteiger partial charge in [-0.3, -0.25) is 4.79 Å². The lowest BCUT2D eigenvalue weighted by atomic mass is 10.1. The van der Waals surface area contributed by atoms with Crippen LogP contribution >= 0.6 is 39.9 Å². The van der Waals surface area contributed by atoms with Gasteiger partial charge >= 0.3 is 0 Å². The number of hydrogen-bond acceptors (Lipinski definition) is 1. The molecule has 132 valence electrons. The van der Waals surface area contributed by atoms with Crippen LogP contribution in [0.1, 0.15) is 21.5 Å². The van der Waals surface area contributed by atoms with Gasteiger partial charge in [-0.25, -0.2) is 0 Å². The molecule has 0 unspecified atom stereocenters. The summed E-state index contributed by atoms with van der Waals surface area (Å²) in [7, 11) is -1.47. The van der Waals surface area contributed by atoms with Crippen LogP contribution in [-0.2, 0) is 6.42 Å². The van der Waals surface area contributed by atoms with Crippen molar-refractivity contribution in [2.24, 2.45) is 0 Å². The van der Waals surface area contributed by atoms with E-state index in [4.69, 9.17) is 0 Å². The molecule has 0 saturated heterocycles. The van der Waals surface area contributed by atoms with Gasteiger partial charge in [-0.05, 0) is 30.2 Å². The summed E-state index contributed by atoms with van der Waals surface area (Å²) in [4.78, 5) is 12.5. The molecule has 25 heavy (non-hydrogen) atoms. The molecule has 0 aliphatic rings. The van der Waals surface area contributed by atoms with Crippen LogP contribution in [0.15, 0.2) is 53.0 Å². The average Bonchev–Trinajstić information content (AvgIpc) is 2.54. The summed E-state index contributed by atoms with van der Waals surface area (Å²) >= 11 is 3.53. The fourth-order valence-electron chi connectivity index (χ4n) is 2.15. The molecule has 2 aromatic carbocycles. The molecule has 0 aromatic heterocycles. The molecule has 0 atom stereocenters. The number of carbonyl (C=O) groups is 1. The van der Waals surface area contributed by atoms with Gasteiger partial charge in [-0.2, -0.15) is 0 Å². The fourth-order valence-corrected chi connectivity index (χ4v) is 3.14. The Morgan fingerprint density at radius 1 is 1.08 bits per heavy atom. The molecule has 1 N–H and O–H groups in total. The highest BCUT2D eigenvalue weighted by atomic mass is 127. The average molecular weight is 528 g/mol. The Morgan fingerprint density at radius 2 is 1.72 bits per heavy atom. The topological polar surface area (TPSA) is 29.1 Å². The zero-order valence-electron chi connectivity index (χ0n) is 14.7. The Bertz CT molecular complexity index is 790. The zero-order chi connectivity index (χ0) is 17.6. The summed E-state index contributed by atoms with van der Waals surface area (Å²) in [5.74, 6) is 3.13. The maximum atomic E-state index is 12.5. The van der Waals surface area contributed by atoms with E-state index in [9.17, 15) is 4.79 Å². The SMILES string of the molecule is C[Si](C)(C)C#Cc1ccccc1C(=O)NCCc1ccccc1Br.I. The van der Waals surface area contributed by atoms with E-state index in [0.717, 1.165) is 16.5 Å². The summed E-state index contributed by atoms with van der Waals surface area (Å²) in [5.41, 5.74) is 5.96. The van der Waals surface area contributed by atoms with Crippen molar-refractivity contribution in [2.75, 3.05) is 6.54 Å². The number of amides is 1. The molecule has 0 bridgehead atoms. The van der Waals surface area contributed by atoms with Crippen molar-refractivity contribution in [1.29, 1.82) is 0 Å². The first-order valence-corrected chi connectivity index (χ1v) is 12.3. The summed E-state index contributed by atoms with van der Waals surface area (Å²) in [6, 6.07) is 15.6. The van der Waals surface area contributed by atoms with Crippen LogP contribution in [0, 0.1) is 11.5 Å². The highest BCUT2D eigenvalue weighted by molar-refractivity contribution is 14.0. The maximum Gasteiger partial charge on any atom is 0.252 e. The van der Waals surface area contributed by atoms with Crippen LogP contribution in [0.25, 0.3) is 0 Å². The third kappa shape index (κ3) is 7.34. The first-order valence-electron chi connectivity index (χ1n) is 8.00. The lowest BCUT2D eigenvalue weighted by Gasteiger charge is -2.09. The molecule has 0 heterocycles. The highest BCUT2D eigenvalue weighted by Crippen LogP contribution is 2.16. The predicted octanol–water partition coefficient (Wildman–Crippen LogP) is 5.27. The highest BCUT2D eigenvalue weighted by Gasteiger charge is 2.11. The van der Waals surface area contributed by atoms with E-state index in [2.05, 4.69) is 58.4 Å². The predicted molar refractivity (Wildman–Crippen MR) is 122 cm³/mol. The van der Waals surface area contributed by atoms with Crippen molar-refractivity contribution in [3.63, 3.8) is 0 Å². The van der Waals surface area contributed by atoms with E-state index >= 15 is 0 Å². The molecule has 2 nitrogen and oxygen atoms in total. The third-order valence-electron chi connectivity index (χ3n) is 3.38. The Morgan fingerprint density at radius 3 is 2.40 bits per heavy atom. The van der Waals surface area contributed by atoms with Crippen LogP contribution in [0.3, 0.4) is 0 Å². The van der Waals surface area contributed by atoms with Gasteiger partial charge in [0.05, 0.1) is 5.56 Å². The smallest absolute Gasteiger partial charge is 0.252 e. The standard InChI is InChI=1S/C20H22BrNOSi.HI/c1-24(2,3)15-13-16-8-4-6-10-18(16)20(23)22-14-12-17-9-5-7-11-19(17)21;/h4-11H,12,14H2,1-3H3,(H,22,23);1H. The minimum absolute atomic E-state index is 0. The molecule has 5 heteroatoms. The minimum atomic E-state index is -1.47. The van der Waals surface area contributed by atoms with Gasteiger partial charge in [-0.1, -0.05) is 71.8 Å².